The molecule has 0 fully saturated rings. The van der Waals surface area contributed by atoms with Crippen molar-refractivity contribution >= 4 is 22.4 Å². The summed E-state index contributed by atoms with van der Waals surface area (Å²) in [7, 11) is 1.66. The molecule has 0 amide bonds. The van der Waals surface area contributed by atoms with Gasteiger partial charge in [-0.2, -0.15) is 0 Å². The highest BCUT2D eigenvalue weighted by molar-refractivity contribution is 6.18. The summed E-state index contributed by atoms with van der Waals surface area (Å²) in [6, 6.07) is 10.0. The van der Waals surface area contributed by atoms with E-state index in [0.717, 1.165) is 28.7 Å². The van der Waals surface area contributed by atoms with Gasteiger partial charge >= 0.3 is 0 Å². The summed E-state index contributed by atoms with van der Waals surface area (Å²) >= 11 is 5.77. The Hall–Kier alpha value is -1.61. The van der Waals surface area contributed by atoms with E-state index in [1.54, 1.807) is 7.11 Å². The quantitative estimate of drug-likeness (QED) is 0.453. The van der Waals surface area contributed by atoms with Gasteiger partial charge in [0, 0.05) is 16.8 Å². The molecule has 138 valence electrons. The van der Waals surface area contributed by atoms with Crippen LogP contribution in [0.5, 0.6) is 17.2 Å². The van der Waals surface area contributed by atoms with Crippen LogP contribution in [0.15, 0.2) is 30.3 Å². The number of unbranched alkanes of at least 4 members (excludes halogenated alkanes) is 1. The van der Waals surface area contributed by atoms with Gasteiger partial charge in [0.2, 0.25) is 0 Å². The van der Waals surface area contributed by atoms with Crippen LogP contribution in [0.1, 0.15) is 39.5 Å². The Morgan fingerprint density at radius 1 is 1.04 bits per heavy atom. The van der Waals surface area contributed by atoms with Gasteiger partial charge in [0.15, 0.2) is 11.5 Å². The lowest BCUT2D eigenvalue weighted by Crippen LogP contribution is -2.12. The van der Waals surface area contributed by atoms with Crippen LogP contribution in [0.25, 0.3) is 10.8 Å². The van der Waals surface area contributed by atoms with Crippen molar-refractivity contribution in [2.24, 2.45) is 5.92 Å². The monoisotopic (exact) mass is 364 g/mol. The van der Waals surface area contributed by atoms with Crippen molar-refractivity contribution in [1.29, 1.82) is 0 Å². The molecule has 0 bridgehead atoms. The summed E-state index contributed by atoms with van der Waals surface area (Å²) in [6.45, 7) is 5.62. The van der Waals surface area contributed by atoms with Crippen molar-refractivity contribution < 1.29 is 14.2 Å². The third-order valence-corrected chi connectivity index (χ3v) is 4.64. The average Bonchev–Trinajstić information content (AvgIpc) is 2.66. The number of benzene rings is 2. The molecule has 0 aliphatic carbocycles. The normalized spacial score (nSPS) is 12.2. The minimum atomic E-state index is 0.449. The number of hydrogen-bond acceptors (Lipinski definition) is 3. The number of fused-ring (bicyclic) bond motifs is 1. The molecule has 2 aromatic carbocycles. The van der Waals surface area contributed by atoms with Crippen LogP contribution in [0.2, 0.25) is 0 Å². The van der Waals surface area contributed by atoms with Crippen LogP contribution in [0.3, 0.4) is 0 Å². The van der Waals surface area contributed by atoms with Crippen LogP contribution in [-0.2, 0) is 0 Å². The van der Waals surface area contributed by atoms with E-state index >= 15 is 0 Å². The predicted molar refractivity (Wildman–Crippen MR) is 106 cm³/mol. The van der Waals surface area contributed by atoms with E-state index in [1.165, 1.54) is 19.3 Å². The first kappa shape index (κ1) is 19.7. The number of hydrogen-bond donors (Lipinski definition) is 0. The Balaban J connectivity index is 2.31. The fraction of sp³-hybridized carbons (Fsp3) is 0.524. The van der Waals surface area contributed by atoms with Crippen LogP contribution in [0.4, 0.5) is 0 Å². The van der Waals surface area contributed by atoms with Gasteiger partial charge in [-0.15, -0.1) is 11.6 Å². The fourth-order valence-electron chi connectivity index (χ4n) is 2.96. The van der Waals surface area contributed by atoms with Gasteiger partial charge in [0.25, 0.3) is 0 Å². The van der Waals surface area contributed by atoms with Crippen molar-refractivity contribution in [1.82, 2.24) is 0 Å². The molecular formula is C21H29ClO3. The summed E-state index contributed by atoms with van der Waals surface area (Å²) in [4.78, 5) is 0. The van der Waals surface area contributed by atoms with Gasteiger partial charge in [0.05, 0.1) is 19.6 Å². The molecule has 25 heavy (non-hydrogen) atoms. The SMILES string of the molecule is CCCCC(CC)COc1c(OC)cc(OCCCl)c2ccccc12. The van der Waals surface area contributed by atoms with Crippen molar-refractivity contribution in [2.75, 3.05) is 26.2 Å². The molecule has 0 aliphatic heterocycles. The molecule has 4 heteroatoms. The lowest BCUT2D eigenvalue weighted by Gasteiger charge is -2.20. The first-order chi connectivity index (χ1) is 12.2. The second-order valence-electron chi connectivity index (χ2n) is 6.22. The summed E-state index contributed by atoms with van der Waals surface area (Å²) in [6.07, 6.45) is 4.78. The molecule has 0 saturated heterocycles. The van der Waals surface area contributed by atoms with Gasteiger partial charge in [-0.05, 0) is 12.3 Å². The maximum atomic E-state index is 6.24. The molecular weight excluding hydrogens is 336 g/mol. The third kappa shape index (κ3) is 5.18. The Kier molecular flexibility index (Phi) is 8.20. The molecule has 2 aromatic rings. The molecule has 0 radical (unpaired) electrons. The smallest absolute Gasteiger partial charge is 0.169 e. The topological polar surface area (TPSA) is 27.7 Å². The minimum Gasteiger partial charge on any atom is -0.493 e. The van der Waals surface area contributed by atoms with Gasteiger partial charge in [-0.1, -0.05) is 57.4 Å². The van der Waals surface area contributed by atoms with Crippen LogP contribution < -0.4 is 14.2 Å². The molecule has 1 unspecified atom stereocenters. The maximum Gasteiger partial charge on any atom is 0.169 e. The third-order valence-electron chi connectivity index (χ3n) is 4.48. The summed E-state index contributed by atoms with van der Waals surface area (Å²) < 4.78 is 17.6. The number of halogens is 1. The molecule has 0 N–H and O–H groups in total. The zero-order chi connectivity index (χ0) is 18.1. The fourth-order valence-corrected chi connectivity index (χ4v) is 3.04. The van der Waals surface area contributed by atoms with Crippen molar-refractivity contribution in [3.05, 3.63) is 30.3 Å². The molecule has 0 spiro atoms. The zero-order valence-corrected chi connectivity index (χ0v) is 16.3. The second kappa shape index (κ2) is 10.4. The number of ether oxygens (including phenoxy) is 3. The summed E-state index contributed by atoms with van der Waals surface area (Å²) in [5.41, 5.74) is 0. The Bertz CT molecular complexity index is 657. The molecule has 0 heterocycles. The van der Waals surface area contributed by atoms with Crippen LogP contribution >= 0.6 is 11.6 Å². The lowest BCUT2D eigenvalue weighted by atomic mass is 10.0. The molecule has 2 rings (SSSR count). The number of methoxy groups -OCH3 is 1. The highest BCUT2D eigenvalue weighted by Crippen LogP contribution is 2.41. The molecule has 0 aliphatic rings. The Morgan fingerprint density at radius 3 is 2.44 bits per heavy atom. The predicted octanol–water partition coefficient (Wildman–Crippen LogP) is 6.06. The van der Waals surface area contributed by atoms with E-state index in [4.69, 9.17) is 25.8 Å². The van der Waals surface area contributed by atoms with Crippen LogP contribution in [0, 0.1) is 5.92 Å². The molecule has 3 nitrogen and oxygen atoms in total. The minimum absolute atomic E-state index is 0.449. The highest BCUT2D eigenvalue weighted by Gasteiger charge is 2.16. The highest BCUT2D eigenvalue weighted by atomic mass is 35.5. The van der Waals surface area contributed by atoms with E-state index in [1.807, 2.05) is 30.3 Å². The first-order valence-corrected chi connectivity index (χ1v) is 9.69. The van der Waals surface area contributed by atoms with E-state index in [0.29, 0.717) is 30.8 Å². The maximum absolute atomic E-state index is 6.24. The second-order valence-corrected chi connectivity index (χ2v) is 6.59. The average molecular weight is 365 g/mol. The first-order valence-electron chi connectivity index (χ1n) is 9.16. The van der Waals surface area contributed by atoms with E-state index in [-0.39, 0.29) is 0 Å². The van der Waals surface area contributed by atoms with E-state index in [2.05, 4.69) is 13.8 Å². The van der Waals surface area contributed by atoms with Gasteiger partial charge in [-0.3, -0.25) is 0 Å². The Morgan fingerprint density at radius 2 is 1.80 bits per heavy atom. The van der Waals surface area contributed by atoms with E-state index in [9.17, 15) is 0 Å². The largest absolute Gasteiger partial charge is 0.493 e. The van der Waals surface area contributed by atoms with Crippen LogP contribution in [-0.4, -0.2) is 26.2 Å². The van der Waals surface area contributed by atoms with Gasteiger partial charge in [-0.25, -0.2) is 0 Å². The van der Waals surface area contributed by atoms with Crippen molar-refractivity contribution in [3.63, 3.8) is 0 Å². The summed E-state index contributed by atoms with van der Waals surface area (Å²) in [5.74, 6) is 3.29. The van der Waals surface area contributed by atoms with Gasteiger partial charge < -0.3 is 14.2 Å². The number of rotatable bonds is 11. The standard InChI is InChI=1S/C21H29ClO3/c1-4-6-9-16(5-2)15-25-21-18-11-8-7-10-17(18)19(24-13-12-22)14-20(21)23-3/h7-8,10-11,14,16H,4-6,9,12-13,15H2,1-3H3. The Labute approximate surface area is 156 Å². The molecule has 1 atom stereocenters. The lowest BCUT2D eigenvalue weighted by molar-refractivity contribution is 0.226. The van der Waals surface area contributed by atoms with Crippen molar-refractivity contribution in [2.45, 2.75) is 39.5 Å². The zero-order valence-electron chi connectivity index (χ0n) is 15.5. The van der Waals surface area contributed by atoms with Crippen molar-refractivity contribution in [3.8, 4) is 17.2 Å². The summed E-state index contributed by atoms with van der Waals surface area (Å²) in [5, 5.41) is 2.03. The molecule has 0 saturated carbocycles. The van der Waals surface area contributed by atoms with Gasteiger partial charge in [0.1, 0.15) is 12.4 Å². The van der Waals surface area contributed by atoms with E-state index < -0.39 is 0 Å². The number of alkyl halides is 1. The molecule has 0 aromatic heterocycles.